The minimum atomic E-state index is 0.470. The molecule has 2 heterocycles. The molecule has 194 valence electrons. The molecule has 1 atom stereocenters. The summed E-state index contributed by atoms with van der Waals surface area (Å²) < 4.78 is 2.23. The Morgan fingerprint density at radius 2 is 1.67 bits per heavy atom. The number of piperazine rings is 1. The zero-order valence-electron chi connectivity index (χ0n) is 23.1. The molecule has 1 aromatic heterocycles. The van der Waals surface area contributed by atoms with Gasteiger partial charge >= 0.3 is 0 Å². The number of para-hydroxylation sites is 1. The molecule has 1 unspecified atom stereocenters. The maximum atomic E-state index is 5.25. The van der Waals surface area contributed by atoms with E-state index in [-0.39, 0.29) is 0 Å². The molecule has 1 aliphatic heterocycles. The summed E-state index contributed by atoms with van der Waals surface area (Å²) in [6.07, 6.45) is 4.23. The van der Waals surface area contributed by atoms with Crippen molar-refractivity contribution in [3.05, 3.63) is 76.6 Å². The van der Waals surface area contributed by atoms with Crippen LogP contribution in [0.1, 0.15) is 55.3 Å². The summed E-state index contributed by atoms with van der Waals surface area (Å²) in [6.45, 7) is 17.7. The number of hydrogen-bond donors (Lipinski definition) is 1. The van der Waals surface area contributed by atoms with Crippen LogP contribution in [0.15, 0.2) is 48.5 Å². The lowest BCUT2D eigenvalue weighted by molar-refractivity contribution is 0.195. The van der Waals surface area contributed by atoms with Crippen LogP contribution in [-0.2, 0) is 19.3 Å². The normalized spacial score (nSPS) is 15.4. The van der Waals surface area contributed by atoms with Crippen molar-refractivity contribution in [3.8, 4) is 5.69 Å². The number of aromatic nitrogens is 2. The average Bonchev–Trinajstić information content (AvgIpc) is 3.23. The van der Waals surface area contributed by atoms with Gasteiger partial charge in [0, 0.05) is 50.0 Å². The van der Waals surface area contributed by atoms with Gasteiger partial charge in [-0.1, -0.05) is 50.6 Å². The number of benzene rings is 2. The fourth-order valence-electron chi connectivity index (χ4n) is 5.55. The van der Waals surface area contributed by atoms with E-state index in [9.17, 15) is 0 Å². The molecular formula is C31H45N5. The summed E-state index contributed by atoms with van der Waals surface area (Å²) in [5.74, 6) is 0. The van der Waals surface area contributed by atoms with Gasteiger partial charge in [-0.3, -0.25) is 4.90 Å². The fraction of sp³-hybridized carbons (Fsp3) is 0.516. The molecule has 1 aliphatic rings. The molecule has 0 bridgehead atoms. The van der Waals surface area contributed by atoms with Crippen LogP contribution in [0.3, 0.4) is 0 Å². The van der Waals surface area contributed by atoms with Crippen molar-refractivity contribution < 1.29 is 0 Å². The number of rotatable bonds is 11. The summed E-state index contributed by atoms with van der Waals surface area (Å²) in [5.41, 5.74) is 9.51. The van der Waals surface area contributed by atoms with Crippen LogP contribution >= 0.6 is 0 Å². The van der Waals surface area contributed by atoms with Gasteiger partial charge in [0.2, 0.25) is 0 Å². The minimum absolute atomic E-state index is 0.470. The van der Waals surface area contributed by atoms with E-state index in [1.807, 2.05) is 0 Å². The van der Waals surface area contributed by atoms with Crippen molar-refractivity contribution in [2.45, 2.75) is 66.3 Å². The first-order valence-electron chi connectivity index (χ1n) is 13.9. The van der Waals surface area contributed by atoms with Gasteiger partial charge in [-0.25, -0.2) is 4.68 Å². The Hall–Kier alpha value is -2.63. The van der Waals surface area contributed by atoms with Crippen LogP contribution in [0.5, 0.6) is 0 Å². The summed E-state index contributed by atoms with van der Waals surface area (Å²) in [5, 5.41) is 8.78. The third-order valence-corrected chi connectivity index (χ3v) is 7.81. The van der Waals surface area contributed by atoms with Gasteiger partial charge < -0.3 is 10.2 Å². The molecule has 1 saturated heterocycles. The largest absolute Gasteiger partial charge is 0.369 e. The maximum Gasteiger partial charge on any atom is 0.0679 e. The number of anilines is 1. The summed E-state index contributed by atoms with van der Waals surface area (Å²) >= 11 is 0. The molecule has 5 nitrogen and oxygen atoms in total. The van der Waals surface area contributed by atoms with Gasteiger partial charge in [0.1, 0.15) is 0 Å². The third kappa shape index (κ3) is 6.01. The van der Waals surface area contributed by atoms with Crippen molar-refractivity contribution in [2.24, 2.45) is 0 Å². The standard InChI is InChI=1S/C31H45N5/c1-6-12-31-28(17-18-32-7-2)29(33-36(31)27-14-9-8-10-15-27)23-25(4)34-19-21-35(22-20-34)30-16-11-13-24(3)26(30)5/h8-11,13-16,25,32H,6-7,12,17-23H2,1-5H3. The van der Waals surface area contributed by atoms with Crippen LogP contribution < -0.4 is 10.2 Å². The second-order valence-electron chi connectivity index (χ2n) is 10.3. The SMILES string of the molecule is CCCc1c(CCNCC)c(CC(C)N2CCN(c3cccc(C)c3C)CC2)nn1-c1ccccc1. The molecule has 0 amide bonds. The van der Waals surface area contributed by atoms with Gasteiger partial charge in [0.05, 0.1) is 11.4 Å². The smallest absolute Gasteiger partial charge is 0.0679 e. The lowest BCUT2D eigenvalue weighted by atomic mass is 10.0. The highest BCUT2D eigenvalue weighted by Gasteiger charge is 2.25. The van der Waals surface area contributed by atoms with Gasteiger partial charge in [-0.2, -0.15) is 5.10 Å². The quantitative estimate of drug-likeness (QED) is 0.370. The highest BCUT2D eigenvalue weighted by Crippen LogP contribution is 2.26. The molecule has 1 N–H and O–H groups in total. The zero-order valence-corrected chi connectivity index (χ0v) is 23.1. The predicted molar refractivity (Wildman–Crippen MR) is 153 cm³/mol. The van der Waals surface area contributed by atoms with Gasteiger partial charge in [-0.15, -0.1) is 0 Å². The Morgan fingerprint density at radius 3 is 2.36 bits per heavy atom. The summed E-state index contributed by atoms with van der Waals surface area (Å²) in [7, 11) is 0. The number of hydrogen-bond acceptors (Lipinski definition) is 4. The molecule has 0 spiro atoms. The second-order valence-corrected chi connectivity index (χ2v) is 10.3. The first-order chi connectivity index (χ1) is 17.5. The second kappa shape index (κ2) is 12.6. The number of aryl methyl sites for hydroxylation is 1. The number of likely N-dealkylation sites (N-methyl/N-ethyl adjacent to an activating group) is 1. The lowest BCUT2D eigenvalue weighted by Crippen LogP contribution is -2.50. The van der Waals surface area contributed by atoms with Crippen molar-refractivity contribution in [1.82, 2.24) is 20.0 Å². The monoisotopic (exact) mass is 487 g/mol. The van der Waals surface area contributed by atoms with Gasteiger partial charge in [0.25, 0.3) is 0 Å². The lowest BCUT2D eigenvalue weighted by Gasteiger charge is -2.39. The molecule has 4 rings (SSSR count). The van der Waals surface area contributed by atoms with Gasteiger partial charge in [-0.05, 0) is 81.6 Å². The Labute approximate surface area is 218 Å². The summed E-state index contributed by atoms with van der Waals surface area (Å²) in [6, 6.07) is 17.8. The molecule has 0 aliphatic carbocycles. The molecule has 2 aromatic carbocycles. The van der Waals surface area contributed by atoms with E-state index < -0.39 is 0 Å². The first kappa shape index (κ1) is 26.4. The van der Waals surface area contributed by atoms with Crippen molar-refractivity contribution in [3.63, 3.8) is 0 Å². The summed E-state index contributed by atoms with van der Waals surface area (Å²) in [4.78, 5) is 5.23. The zero-order chi connectivity index (χ0) is 25.5. The van der Waals surface area contributed by atoms with Crippen molar-refractivity contribution in [1.29, 1.82) is 0 Å². The van der Waals surface area contributed by atoms with Gasteiger partial charge in [0.15, 0.2) is 0 Å². The first-order valence-corrected chi connectivity index (χ1v) is 13.9. The number of nitrogens with zero attached hydrogens (tertiary/aromatic N) is 4. The third-order valence-electron chi connectivity index (χ3n) is 7.81. The van der Waals surface area contributed by atoms with Crippen LogP contribution in [-0.4, -0.2) is 60.0 Å². The van der Waals surface area contributed by atoms with Crippen LogP contribution in [0.25, 0.3) is 5.69 Å². The van der Waals surface area contributed by atoms with Crippen molar-refractivity contribution >= 4 is 5.69 Å². The van der Waals surface area contributed by atoms with E-state index in [2.05, 4.69) is 103 Å². The number of nitrogens with one attached hydrogen (secondary N) is 1. The van der Waals surface area contributed by atoms with Crippen LogP contribution in [0.4, 0.5) is 5.69 Å². The molecule has 3 aromatic rings. The van der Waals surface area contributed by atoms with E-state index in [1.165, 1.54) is 39.5 Å². The van der Waals surface area contributed by atoms with E-state index in [1.54, 1.807) is 0 Å². The average molecular weight is 488 g/mol. The molecule has 5 heteroatoms. The van der Waals surface area contributed by atoms with Crippen LogP contribution in [0, 0.1) is 13.8 Å². The minimum Gasteiger partial charge on any atom is -0.369 e. The molecule has 0 radical (unpaired) electrons. The Balaban J connectivity index is 1.51. The van der Waals surface area contributed by atoms with E-state index in [4.69, 9.17) is 5.10 Å². The maximum absolute atomic E-state index is 5.25. The van der Waals surface area contributed by atoms with Crippen LogP contribution in [0.2, 0.25) is 0 Å². The topological polar surface area (TPSA) is 36.3 Å². The highest BCUT2D eigenvalue weighted by atomic mass is 15.3. The fourth-order valence-corrected chi connectivity index (χ4v) is 5.55. The Kier molecular flexibility index (Phi) is 9.22. The van der Waals surface area contributed by atoms with Crippen molar-refractivity contribution in [2.75, 3.05) is 44.2 Å². The molecule has 36 heavy (non-hydrogen) atoms. The van der Waals surface area contributed by atoms with E-state index >= 15 is 0 Å². The molecule has 0 saturated carbocycles. The molecule has 1 fully saturated rings. The van der Waals surface area contributed by atoms with E-state index in [0.717, 1.165) is 65.0 Å². The Morgan fingerprint density at radius 1 is 0.917 bits per heavy atom. The predicted octanol–water partition coefficient (Wildman–Crippen LogP) is 5.35. The molecular weight excluding hydrogens is 442 g/mol. The van der Waals surface area contributed by atoms with E-state index in [0.29, 0.717) is 6.04 Å². The Bertz CT molecular complexity index is 1100. The highest BCUT2D eigenvalue weighted by molar-refractivity contribution is 5.56.